The molecule has 21 heavy (non-hydrogen) atoms. The molecule has 4 nitrogen and oxygen atoms in total. The van der Waals surface area contributed by atoms with Crippen LogP contribution in [0.15, 0.2) is 24.3 Å². The van der Waals surface area contributed by atoms with E-state index in [0.717, 1.165) is 25.1 Å². The van der Waals surface area contributed by atoms with Crippen molar-refractivity contribution in [1.82, 2.24) is 9.80 Å². The normalized spacial score (nSPS) is 23.0. The van der Waals surface area contributed by atoms with E-state index in [9.17, 15) is 9.90 Å². The van der Waals surface area contributed by atoms with Crippen molar-refractivity contribution in [3.8, 4) is 0 Å². The maximum Gasteiger partial charge on any atom is 0.236 e. The number of likely N-dealkylation sites (tertiary alicyclic amines) is 1. The summed E-state index contributed by atoms with van der Waals surface area (Å²) in [5, 5.41) is 9.73. The van der Waals surface area contributed by atoms with Crippen LogP contribution in [0.5, 0.6) is 0 Å². The van der Waals surface area contributed by atoms with Crippen molar-refractivity contribution < 1.29 is 9.90 Å². The Balaban J connectivity index is 1.83. The summed E-state index contributed by atoms with van der Waals surface area (Å²) in [6, 6.07) is 8.28. The molecule has 1 aliphatic rings. The molecular weight excluding hydrogens is 264 g/mol. The minimum atomic E-state index is -0.221. The number of amides is 1. The average Bonchev–Trinajstić information content (AvgIpc) is 2.45. The van der Waals surface area contributed by atoms with Crippen LogP contribution in [0.3, 0.4) is 0 Å². The number of nitrogens with zero attached hydrogens (tertiary/aromatic N) is 2. The van der Waals surface area contributed by atoms with E-state index < -0.39 is 0 Å². The van der Waals surface area contributed by atoms with Gasteiger partial charge in [-0.05, 0) is 24.8 Å². The third-order valence-electron chi connectivity index (χ3n) is 4.27. The van der Waals surface area contributed by atoms with Gasteiger partial charge in [-0.25, -0.2) is 0 Å². The Morgan fingerprint density at radius 3 is 2.67 bits per heavy atom. The number of likely N-dealkylation sites (N-methyl/N-ethyl adjacent to an activating group) is 1. The van der Waals surface area contributed by atoms with Gasteiger partial charge in [-0.2, -0.15) is 0 Å². The zero-order chi connectivity index (χ0) is 15.4. The van der Waals surface area contributed by atoms with Crippen LogP contribution in [-0.2, 0) is 11.3 Å². The van der Waals surface area contributed by atoms with E-state index in [0.29, 0.717) is 13.1 Å². The Bertz CT molecular complexity index is 472. The fourth-order valence-electron chi connectivity index (χ4n) is 2.73. The van der Waals surface area contributed by atoms with E-state index in [-0.39, 0.29) is 17.9 Å². The van der Waals surface area contributed by atoms with E-state index in [2.05, 4.69) is 36.1 Å². The number of piperidine rings is 1. The standard InChI is InChI=1S/C17H26N2O2/c1-13-4-6-15(7-5-13)11-18(3)17(21)12-19-9-8-16(20)14(2)10-19/h4-7,14,16,20H,8-12H2,1-3H3. The molecule has 0 radical (unpaired) electrons. The van der Waals surface area contributed by atoms with Gasteiger partial charge in [-0.15, -0.1) is 0 Å². The average molecular weight is 290 g/mol. The van der Waals surface area contributed by atoms with Crippen LogP contribution >= 0.6 is 0 Å². The highest BCUT2D eigenvalue weighted by atomic mass is 16.3. The summed E-state index contributed by atoms with van der Waals surface area (Å²) in [5.74, 6) is 0.383. The second-order valence-electron chi connectivity index (χ2n) is 6.30. The highest BCUT2D eigenvalue weighted by Gasteiger charge is 2.26. The molecule has 2 rings (SSSR count). The van der Waals surface area contributed by atoms with Crippen LogP contribution in [0.25, 0.3) is 0 Å². The lowest BCUT2D eigenvalue weighted by molar-refractivity contribution is -0.132. The van der Waals surface area contributed by atoms with Crippen molar-refractivity contribution in [2.75, 3.05) is 26.7 Å². The van der Waals surface area contributed by atoms with Gasteiger partial charge in [0.1, 0.15) is 0 Å². The Morgan fingerprint density at radius 1 is 1.38 bits per heavy atom. The summed E-state index contributed by atoms with van der Waals surface area (Å²) in [5.41, 5.74) is 2.38. The number of aliphatic hydroxyl groups is 1. The summed E-state index contributed by atoms with van der Waals surface area (Å²) in [4.78, 5) is 16.2. The van der Waals surface area contributed by atoms with E-state index in [1.807, 2.05) is 14.0 Å². The van der Waals surface area contributed by atoms with E-state index in [1.54, 1.807) is 4.90 Å². The molecule has 0 saturated carbocycles. The Hall–Kier alpha value is -1.39. The summed E-state index contributed by atoms with van der Waals surface area (Å²) >= 11 is 0. The molecule has 1 aromatic carbocycles. The predicted octanol–water partition coefficient (Wildman–Crippen LogP) is 1.66. The maximum atomic E-state index is 12.3. The first-order valence-corrected chi connectivity index (χ1v) is 7.65. The molecular formula is C17H26N2O2. The quantitative estimate of drug-likeness (QED) is 0.917. The number of hydrogen-bond acceptors (Lipinski definition) is 3. The van der Waals surface area contributed by atoms with Gasteiger partial charge in [-0.3, -0.25) is 9.69 Å². The highest BCUT2D eigenvalue weighted by Crippen LogP contribution is 2.16. The number of aliphatic hydroxyl groups excluding tert-OH is 1. The minimum Gasteiger partial charge on any atom is -0.393 e. The topological polar surface area (TPSA) is 43.8 Å². The molecule has 1 N–H and O–H groups in total. The number of carbonyl (C=O) groups excluding carboxylic acids is 1. The number of rotatable bonds is 4. The first-order valence-electron chi connectivity index (χ1n) is 7.65. The van der Waals surface area contributed by atoms with Gasteiger partial charge in [0.2, 0.25) is 5.91 Å². The van der Waals surface area contributed by atoms with Crippen molar-refractivity contribution in [3.63, 3.8) is 0 Å². The van der Waals surface area contributed by atoms with Crippen LogP contribution in [-0.4, -0.2) is 53.6 Å². The molecule has 116 valence electrons. The summed E-state index contributed by atoms with van der Waals surface area (Å²) < 4.78 is 0. The lowest BCUT2D eigenvalue weighted by Gasteiger charge is -2.34. The minimum absolute atomic E-state index is 0.138. The van der Waals surface area contributed by atoms with Gasteiger partial charge >= 0.3 is 0 Å². The fraction of sp³-hybridized carbons (Fsp3) is 0.588. The molecule has 0 aromatic heterocycles. The second-order valence-corrected chi connectivity index (χ2v) is 6.30. The van der Waals surface area contributed by atoms with E-state index in [1.165, 1.54) is 5.56 Å². The predicted molar refractivity (Wildman–Crippen MR) is 83.9 cm³/mol. The first kappa shape index (κ1) is 16.0. The van der Waals surface area contributed by atoms with Gasteiger partial charge in [0.25, 0.3) is 0 Å². The Kier molecular flexibility index (Phi) is 5.37. The fourth-order valence-corrected chi connectivity index (χ4v) is 2.73. The molecule has 0 spiro atoms. The number of hydrogen-bond donors (Lipinski definition) is 1. The molecule has 1 saturated heterocycles. The molecule has 1 heterocycles. The van der Waals surface area contributed by atoms with E-state index in [4.69, 9.17) is 0 Å². The monoisotopic (exact) mass is 290 g/mol. The molecule has 4 heteroatoms. The van der Waals surface area contributed by atoms with Crippen molar-refractivity contribution in [2.24, 2.45) is 5.92 Å². The third kappa shape index (κ3) is 4.55. The van der Waals surface area contributed by atoms with E-state index >= 15 is 0 Å². The summed E-state index contributed by atoms with van der Waals surface area (Å²) in [7, 11) is 1.85. The van der Waals surface area contributed by atoms with Crippen LogP contribution in [0.2, 0.25) is 0 Å². The maximum absolute atomic E-state index is 12.3. The van der Waals surface area contributed by atoms with Gasteiger partial charge in [0.05, 0.1) is 12.6 Å². The van der Waals surface area contributed by atoms with Gasteiger partial charge in [-0.1, -0.05) is 36.8 Å². The van der Waals surface area contributed by atoms with Gasteiger partial charge in [0, 0.05) is 26.7 Å². The molecule has 1 amide bonds. The Morgan fingerprint density at radius 2 is 2.05 bits per heavy atom. The van der Waals surface area contributed by atoms with Crippen molar-refractivity contribution in [1.29, 1.82) is 0 Å². The van der Waals surface area contributed by atoms with Crippen molar-refractivity contribution in [2.45, 2.75) is 32.9 Å². The molecule has 1 aliphatic heterocycles. The lowest BCUT2D eigenvalue weighted by atomic mass is 9.97. The first-order chi connectivity index (χ1) is 9.95. The van der Waals surface area contributed by atoms with Crippen LogP contribution in [0.4, 0.5) is 0 Å². The number of carbonyl (C=O) groups is 1. The van der Waals surface area contributed by atoms with Gasteiger partial charge in [0.15, 0.2) is 0 Å². The second kappa shape index (κ2) is 7.05. The number of aryl methyl sites for hydroxylation is 1. The summed E-state index contributed by atoms with van der Waals surface area (Å²) in [6.45, 7) is 6.79. The molecule has 0 aliphatic carbocycles. The molecule has 1 fully saturated rings. The zero-order valence-corrected chi connectivity index (χ0v) is 13.2. The molecule has 0 bridgehead atoms. The zero-order valence-electron chi connectivity index (χ0n) is 13.2. The summed E-state index contributed by atoms with van der Waals surface area (Å²) in [6.07, 6.45) is 0.539. The van der Waals surface area contributed by atoms with Crippen molar-refractivity contribution >= 4 is 5.91 Å². The smallest absolute Gasteiger partial charge is 0.236 e. The molecule has 2 atom stereocenters. The van der Waals surface area contributed by atoms with Crippen LogP contribution in [0, 0.1) is 12.8 Å². The molecule has 1 aromatic rings. The van der Waals surface area contributed by atoms with Crippen LogP contribution in [0.1, 0.15) is 24.5 Å². The molecule has 2 unspecified atom stereocenters. The van der Waals surface area contributed by atoms with Crippen LogP contribution < -0.4 is 0 Å². The van der Waals surface area contributed by atoms with Gasteiger partial charge < -0.3 is 10.0 Å². The highest BCUT2D eigenvalue weighted by molar-refractivity contribution is 5.78. The van der Waals surface area contributed by atoms with Crippen molar-refractivity contribution in [3.05, 3.63) is 35.4 Å². The Labute approximate surface area is 127 Å². The third-order valence-corrected chi connectivity index (χ3v) is 4.27. The lowest BCUT2D eigenvalue weighted by Crippen LogP contribution is -2.46. The largest absolute Gasteiger partial charge is 0.393 e. The number of benzene rings is 1. The SMILES string of the molecule is Cc1ccc(CN(C)C(=O)CN2CCC(O)C(C)C2)cc1.